The number of hydrogen-bond donors (Lipinski definition) is 2. The predicted molar refractivity (Wildman–Crippen MR) is 67.7 cm³/mol. The lowest BCUT2D eigenvalue weighted by Crippen LogP contribution is -1.98. The zero-order valence-electron chi connectivity index (χ0n) is 8.90. The Hall–Kier alpha value is -1.81. The van der Waals surface area contributed by atoms with Crippen molar-refractivity contribution in [2.75, 3.05) is 5.32 Å². The van der Waals surface area contributed by atoms with Crippen LogP contribution in [0.15, 0.2) is 42.2 Å². The van der Waals surface area contributed by atoms with Crippen molar-refractivity contribution >= 4 is 17.0 Å². The Labute approximate surface area is 98.1 Å². The number of anilines is 1. The summed E-state index contributed by atoms with van der Waals surface area (Å²) in [4.78, 5) is 4.25. The number of aromatic nitrogens is 1. The van der Waals surface area contributed by atoms with Gasteiger partial charge in [-0.1, -0.05) is 6.07 Å². The lowest BCUT2D eigenvalue weighted by molar-refractivity contribution is 0.422. The molecule has 0 radical (unpaired) electrons. The third-order valence-electron chi connectivity index (χ3n) is 2.12. The van der Waals surface area contributed by atoms with Gasteiger partial charge in [0.2, 0.25) is 0 Å². The van der Waals surface area contributed by atoms with Gasteiger partial charge in [0.25, 0.3) is 0 Å². The fourth-order valence-corrected chi connectivity index (χ4v) is 2.14. The zero-order chi connectivity index (χ0) is 11.5. The first kappa shape index (κ1) is 10.7. The van der Waals surface area contributed by atoms with E-state index in [0.717, 1.165) is 21.8 Å². The molecule has 2 aromatic rings. The van der Waals surface area contributed by atoms with E-state index in [2.05, 4.69) is 16.9 Å². The van der Waals surface area contributed by atoms with Crippen LogP contribution in [0.2, 0.25) is 0 Å². The summed E-state index contributed by atoms with van der Waals surface area (Å²) >= 11 is 1.56. The Kier molecular flexibility index (Phi) is 2.92. The van der Waals surface area contributed by atoms with Gasteiger partial charge in [-0.3, -0.25) is 0 Å². The number of nitrogens with one attached hydrogen (secondary N) is 1. The van der Waals surface area contributed by atoms with Gasteiger partial charge in [-0.25, -0.2) is 4.98 Å². The van der Waals surface area contributed by atoms with E-state index < -0.39 is 0 Å². The fourth-order valence-electron chi connectivity index (χ4n) is 1.46. The minimum atomic E-state index is -0.0663. The van der Waals surface area contributed by atoms with Crippen LogP contribution in [-0.2, 0) is 0 Å². The minimum absolute atomic E-state index is 0.0663. The topological polar surface area (TPSA) is 45.1 Å². The number of hydrogen-bond acceptors (Lipinski definition) is 4. The Morgan fingerprint density at radius 3 is 2.94 bits per heavy atom. The van der Waals surface area contributed by atoms with Crippen LogP contribution >= 0.6 is 11.3 Å². The van der Waals surface area contributed by atoms with Crippen LogP contribution in [0.25, 0.3) is 10.6 Å². The van der Waals surface area contributed by atoms with Gasteiger partial charge in [0.1, 0.15) is 5.01 Å². The van der Waals surface area contributed by atoms with Gasteiger partial charge in [0.05, 0.1) is 5.69 Å². The lowest BCUT2D eigenvalue weighted by atomic mass is 10.1. The maximum Gasteiger partial charge on any atom is 0.181 e. The van der Waals surface area contributed by atoms with E-state index in [9.17, 15) is 5.11 Å². The second kappa shape index (κ2) is 4.37. The molecule has 1 aromatic carbocycles. The number of aryl methyl sites for hydroxylation is 1. The Morgan fingerprint density at radius 2 is 2.31 bits per heavy atom. The highest BCUT2D eigenvalue weighted by Crippen LogP contribution is 2.30. The third-order valence-corrected chi connectivity index (χ3v) is 2.92. The van der Waals surface area contributed by atoms with E-state index >= 15 is 0 Å². The summed E-state index contributed by atoms with van der Waals surface area (Å²) in [6.07, 6.45) is 1.76. The molecule has 1 heterocycles. The zero-order valence-corrected chi connectivity index (χ0v) is 9.71. The van der Waals surface area contributed by atoms with Gasteiger partial charge in [-0.2, -0.15) is 0 Å². The molecule has 0 spiro atoms. The first-order valence-electron chi connectivity index (χ1n) is 4.82. The second-order valence-corrected chi connectivity index (χ2v) is 4.35. The van der Waals surface area contributed by atoms with Crippen LogP contribution < -0.4 is 5.32 Å². The van der Waals surface area contributed by atoms with Crippen molar-refractivity contribution in [3.63, 3.8) is 0 Å². The fraction of sp³-hybridized carbons (Fsp3) is 0.0833. The maximum atomic E-state index is 9.20. The third kappa shape index (κ3) is 2.23. The number of thiazole rings is 1. The number of nitrogens with zero attached hydrogens (tertiary/aromatic N) is 1. The van der Waals surface area contributed by atoms with E-state index in [-0.39, 0.29) is 5.88 Å². The molecule has 4 heteroatoms. The van der Waals surface area contributed by atoms with Gasteiger partial charge < -0.3 is 10.4 Å². The molecule has 3 nitrogen and oxygen atoms in total. The Morgan fingerprint density at radius 1 is 1.50 bits per heavy atom. The van der Waals surface area contributed by atoms with Gasteiger partial charge in [-0.05, 0) is 31.2 Å². The summed E-state index contributed by atoms with van der Waals surface area (Å²) < 4.78 is 0. The first-order valence-corrected chi connectivity index (χ1v) is 5.70. The van der Waals surface area contributed by atoms with Gasteiger partial charge in [-0.15, -0.1) is 11.3 Å². The highest BCUT2D eigenvalue weighted by atomic mass is 32.1. The molecular weight excluding hydrogens is 220 g/mol. The first-order chi connectivity index (χ1) is 7.66. The highest BCUT2D eigenvalue weighted by molar-refractivity contribution is 7.13. The number of benzene rings is 1. The molecule has 1 aromatic heterocycles. The normalized spacial score (nSPS) is 10.1. The van der Waals surface area contributed by atoms with Crippen LogP contribution in [0.1, 0.15) is 5.56 Å². The molecule has 82 valence electrons. The molecule has 0 bridgehead atoms. The molecule has 16 heavy (non-hydrogen) atoms. The molecular formula is C12H12N2OS. The molecule has 0 amide bonds. The van der Waals surface area contributed by atoms with Crippen molar-refractivity contribution in [1.29, 1.82) is 0 Å². The summed E-state index contributed by atoms with van der Waals surface area (Å²) in [6.45, 7) is 5.43. The average molecular weight is 232 g/mol. The maximum absolute atomic E-state index is 9.20. The summed E-state index contributed by atoms with van der Waals surface area (Å²) in [7, 11) is 0. The lowest BCUT2D eigenvalue weighted by Gasteiger charge is -2.09. The molecule has 0 saturated carbocycles. The molecule has 0 aliphatic carbocycles. The standard InChI is InChI=1S/C12H12N2OS/c1-8-3-4-10(12-13-5-6-16-12)11(7-8)14-9(2)15/h3-7,14-15H,2H2,1H3. The monoisotopic (exact) mass is 232 g/mol. The van der Waals surface area contributed by atoms with Crippen molar-refractivity contribution in [2.24, 2.45) is 0 Å². The average Bonchev–Trinajstić information content (AvgIpc) is 2.69. The molecule has 2 rings (SSSR count). The molecule has 2 N–H and O–H groups in total. The Bertz CT molecular complexity index is 506. The van der Waals surface area contributed by atoms with Gasteiger partial charge in [0, 0.05) is 17.1 Å². The van der Waals surface area contributed by atoms with Crippen molar-refractivity contribution in [3.8, 4) is 10.6 Å². The molecule has 0 saturated heterocycles. The van der Waals surface area contributed by atoms with E-state index in [4.69, 9.17) is 0 Å². The summed E-state index contributed by atoms with van der Waals surface area (Å²) in [5, 5.41) is 14.9. The van der Waals surface area contributed by atoms with Crippen LogP contribution in [0, 0.1) is 6.92 Å². The number of aliphatic hydroxyl groups is 1. The predicted octanol–water partition coefficient (Wildman–Crippen LogP) is 3.56. The van der Waals surface area contributed by atoms with Crippen LogP contribution in [0.3, 0.4) is 0 Å². The second-order valence-electron chi connectivity index (χ2n) is 3.46. The highest BCUT2D eigenvalue weighted by Gasteiger charge is 2.07. The van der Waals surface area contributed by atoms with E-state index in [1.165, 1.54) is 0 Å². The molecule has 0 atom stereocenters. The van der Waals surface area contributed by atoms with Crippen molar-refractivity contribution in [1.82, 2.24) is 4.98 Å². The minimum Gasteiger partial charge on any atom is -0.495 e. The Balaban J connectivity index is 2.48. The molecule has 0 unspecified atom stereocenters. The van der Waals surface area contributed by atoms with Crippen molar-refractivity contribution < 1.29 is 5.11 Å². The molecule has 0 fully saturated rings. The van der Waals surface area contributed by atoms with Crippen LogP contribution in [-0.4, -0.2) is 10.1 Å². The van der Waals surface area contributed by atoms with Gasteiger partial charge in [0.15, 0.2) is 5.88 Å². The SMILES string of the molecule is C=C(O)Nc1cc(C)ccc1-c1nccs1. The van der Waals surface area contributed by atoms with Crippen LogP contribution in [0.5, 0.6) is 0 Å². The smallest absolute Gasteiger partial charge is 0.181 e. The quantitative estimate of drug-likeness (QED) is 0.795. The van der Waals surface area contributed by atoms with Gasteiger partial charge >= 0.3 is 0 Å². The van der Waals surface area contributed by atoms with Crippen molar-refractivity contribution in [2.45, 2.75) is 6.92 Å². The summed E-state index contributed by atoms with van der Waals surface area (Å²) in [6, 6.07) is 5.96. The molecule has 0 aliphatic rings. The number of aliphatic hydroxyl groups excluding tert-OH is 1. The summed E-state index contributed by atoms with van der Waals surface area (Å²) in [5.74, 6) is -0.0663. The molecule has 0 aliphatic heterocycles. The van der Waals surface area contributed by atoms with E-state index in [1.807, 2.05) is 30.5 Å². The van der Waals surface area contributed by atoms with Crippen molar-refractivity contribution in [3.05, 3.63) is 47.8 Å². The van der Waals surface area contributed by atoms with E-state index in [1.54, 1.807) is 17.5 Å². The largest absolute Gasteiger partial charge is 0.495 e. The number of rotatable bonds is 3. The van der Waals surface area contributed by atoms with E-state index in [0.29, 0.717) is 0 Å². The van der Waals surface area contributed by atoms with Crippen LogP contribution in [0.4, 0.5) is 5.69 Å². The summed E-state index contributed by atoms with van der Waals surface area (Å²) in [5.41, 5.74) is 2.90.